The first-order valence-corrected chi connectivity index (χ1v) is 9.12. The number of rotatable bonds is 4. The highest BCUT2D eigenvalue weighted by Gasteiger charge is 2.33. The molecule has 144 valence electrons. The van der Waals surface area contributed by atoms with Gasteiger partial charge in [0.25, 0.3) is 5.56 Å². The highest BCUT2D eigenvalue weighted by molar-refractivity contribution is 5.39. The van der Waals surface area contributed by atoms with Gasteiger partial charge in [-0.25, -0.2) is 14.6 Å². The summed E-state index contributed by atoms with van der Waals surface area (Å²) in [4.78, 5) is 21.2. The Bertz CT molecular complexity index is 870. The van der Waals surface area contributed by atoms with Crippen molar-refractivity contribution in [1.82, 2.24) is 19.7 Å². The van der Waals surface area contributed by atoms with Gasteiger partial charge < -0.3 is 4.90 Å². The van der Waals surface area contributed by atoms with E-state index in [1.807, 2.05) is 11.0 Å². The number of aromatic nitrogens is 4. The number of nitrogens with zero attached hydrogens (tertiary/aromatic N) is 5. The van der Waals surface area contributed by atoms with Crippen LogP contribution in [0.1, 0.15) is 43.0 Å². The van der Waals surface area contributed by atoms with Gasteiger partial charge in [0.05, 0.1) is 5.69 Å². The van der Waals surface area contributed by atoms with Crippen molar-refractivity contribution < 1.29 is 13.2 Å². The van der Waals surface area contributed by atoms with Crippen LogP contribution in [0, 0.1) is 5.92 Å². The minimum Gasteiger partial charge on any atom is -0.356 e. The van der Waals surface area contributed by atoms with Gasteiger partial charge in [-0.15, -0.1) is 0 Å². The van der Waals surface area contributed by atoms with E-state index in [1.165, 1.54) is 0 Å². The Morgan fingerprint density at radius 2 is 1.81 bits per heavy atom. The molecule has 9 heteroatoms. The van der Waals surface area contributed by atoms with Gasteiger partial charge in [0.2, 0.25) is 0 Å². The van der Waals surface area contributed by atoms with Crippen LogP contribution >= 0.6 is 0 Å². The minimum absolute atomic E-state index is 0.104. The summed E-state index contributed by atoms with van der Waals surface area (Å²) >= 11 is 0. The third kappa shape index (κ3) is 4.12. The quantitative estimate of drug-likeness (QED) is 0.817. The molecule has 0 N–H and O–H groups in total. The molecule has 4 rings (SSSR count). The van der Waals surface area contributed by atoms with Crippen molar-refractivity contribution >= 4 is 5.82 Å². The third-order valence-electron chi connectivity index (χ3n) is 5.20. The second-order valence-corrected chi connectivity index (χ2v) is 7.24. The average Bonchev–Trinajstić information content (AvgIpc) is 3.49. The van der Waals surface area contributed by atoms with Crippen LogP contribution in [0.4, 0.5) is 19.0 Å². The Labute approximate surface area is 154 Å². The fourth-order valence-corrected chi connectivity index (χ4v) is 3.46. The minimum atomic E-state index is -4.48. The molecule has 3 heterocycles. The third-order valence-corrected chi connectivity index (χ3v) is 5.20. The lowest BCUT2D eigenvalue weighted by Crippen LogP contribution is -2.37. The van der Waals surface area contributed by atoms with Crippen LogP contribution in [0.2, 0.25) is 0 Å². The van der Waals surface area contributed by atoms with Gasteiger partial charge in [-0.1, -0.05) is 0 Å². The molecule has 0 unspecified atom stereocenters. The number of hydrogen-bond donors (Lipinski definition) is 0. The summed E-state index contributed by atoms with van der Waals surface area (Å²) < 4.78 is 40.0. The smallest absolute Gasteiger partial charge is 0.356 e. The lowest BCUT2D eigenvalue weighted by Gasteiger charge is -2.32. The maximum Gasteiger partial charge on any atom is 0.433 e. The number of anilines is 1. The van der Waals surface area contributed by atoms with Crippen LogP contribution in [-0.4, -0.2) is 32.8 Å². The number of alkyl halides is 3. The van der Waals surface area contributed by atoms with E-state index < -0.39 is 11.9 Å². The molecule has 2 fully saturated rings. The summed E-state index contributed by atoms with van der Waals surface area (Å²) in [6.45, 7) is 1.73. The lowest BCUT2D eigenvalue weighted by molar-refractivity contribution is -0.141. The zero-order chi connectivity index (χ0) is 19.0. The second-order valence-electron chi connectivity index (χ2n) is 7.24. The number of hydrogen-bond acceptors (Lipinski definition) is 5. The zero-order valence-corrected chi connectivity index (χ0v) is 14.7. The van der Waals surface area contributed by atoms with Gasteiger partial charge in [-0.05, 0) is 37.7 Å². The SMILES string of the molecule is O=c1ccc(C2CC2)nn1CC1CCN(c2cc(C(F)(F)F)ncn2)CC1. The Morgan fingerprint density at radius 1 is 1.07 bits per heavy atom. The van der Waals surface area contributed by atoms with Gasteiger partial charge in [-0.2, -0.15) is 18.3 Å². The largest absolute Gasteiger partial charge is 0.433 e. The van der Waals surface area contributed by atoms with E-state index in [2.05, 4.69) is 15.1 Å². The van der Waals surface area contributed by atoms with Crippen LogP contribution in [0.15, 0.2) is 29.3 Å². The van der Waals surface area contributed by atoms with Gasteiger partial charge in [0.15, 0.2) is 0 Å². The molecule has 2 aliphatic rings. The Morgan fingerprint density at radius 3 is 2.48 bits per heavy atom. The molecule has 1 aliphatic heterocycles. The summed E-state index contributed by atoms with van der Waals surface area (Å²) in [5, 5.41) is 4.49. The van der Waals surface area contributed by atoms with Crippen molar-refractivity contribution in [2.75, 3.05) is 18.0 Å². The fourth-order valence-electron chi connectivity index (χ4n) is 3.46. The van der Waals surface area contributed by atoms with Crippen molar-refractivity contribution in [3.63, 3.8) is 0 Å². The van der Waals surface area contributed by atoms with Crippen molar-refractivity contribution in [3.05, 3.63) is 46.3 Å². The normalized spacial score (nSPS) is 18.7. The topological polar surface area (TPSA) is 63.9 Å². The first-order valence-electron chi connectivity index (χ1n) is 9.12. The number of piperidine rings is 1. The van der Waals surface area contributed by atoms with E-state index in [9.17, 15) is 18.0 Å². The summed E-state index contributed by atoms with van der Waals surface area (Å²) in [5.74, 6) is 1.05. The molecule has 0 bridgehead atoms. The summed E-state index contributed by atoms with van der Waals surface area (Å²) in [7, 11) is 0. The first kappa shape index (κ1) is 17.9. The van der Waals surface area contributed by atoms with Crippen LogP contribution in [-0.2, 0) is 12.7 Å². The molecule has 0 aromatic carbocycles. The molecular weight excluding hydrogens is 359 g/mol. The van der Waals surface area contributed by atoms with E-state index in [0.717, 1.165) is 43.8 Å². The molecule has 27 heavy (non-hydrogen) atoms. The standard InChI is InChI=1S/C18H20F3N5O/c19-18(20,21)15-9-16(23-11-22-15)25-7-5-12(6-8-25)10-26-17(27)4-3-14(24-26)13-1-2-13/h3-4,9,11-13H,1-2,5-8,10H2. The molecule has 2 aromatic rings. The molecule has 0 spiro atoms. The molecule has 1 saturated heterocycles. The van der Waals surface area contributed by atoms with Gasteiger partial charge in [-0.3, -0.25) is 4.79 Å². The van der Waals surface area contributed by atoms with E-state index in [1.54, 1.807) is 10.7 Å². The summed E-state index contributed by atoms with van der Waals surface area (Å²) in [6.07, 6.45) is 0.275. The van der Waals surface area contributed by atoms with E-state index in [0.29, 0.717) is 31.4 Å². The van der Waals surface area contributed by atoms with Crippen molar-refractivity contribution in [3.8, 4) is 0 Å². The summed E-state index contributed by atoms with van der Waals surface area (Å²) in [6, 6.07) is 4.38. The van der Waals surface area contributed by atoms with Crippen LogP contribution < -0.4 is 10.5 Å². The lowest BCUT2D eigenvalue weighted by atomic mass is 9.97. The number of halogens is 3. The predicted molar refractivity (Wildman–Crippen MR) is 92.4 cm³/mol. The molecular formula is C18H20F3N5O. The van der Waals surface area contributed by atoms with Crippen molar-refractivity contribution in [2.24, 2.45) is 5.92 Å². The Balaban J connectivity index is 1.40. The zero-order valence-electron chi connectivity index (χ0n) is 14.7. The molecule has 6 nitrogen and oxygen atoms in total. The van der Waals surface area contributed by atoms with Crippen molar-refractivity contribution in [1.29, 1.82) is 0 Å². The molecule has 2 aromatic heterocycles. The maximum absolute atomic E-state index is 12.8. The highest BCUT2D eigenvalue weighted by atomic mass is 19.4. The van der Waals surface area contributed by atoms with Crippen LogP contribution in [0.3, 0.4) is 0 Å². The average molecular weight is 379 g/mol. The Hall–Kier alpha value is -2.45. The van der Waals surface area contributed by atoms with Crippen molar-refractivity contribution in [2.45, 2.75) is 44.3 Å². The maximum atomic E-state index is 12.8. The first-order chi connectivity index (χ1) is 12.9. The highest BCUT2D eigenvalue weighted by Crippen LogP contribution is 2.38. The van der Waals surface area contributed by atoms with Crippen LogP contribution in [0.5, 0.6) is 0 Å². The van der Waals surface area contributed by atoms with E-state index in [-0.39, 0.29) is 11.5 Å². The predicted octanol–water partition coefficient (Wildman–Crippen LogP) is 2.85. The van der Waals surface area contributed by atoms with Gasteiger partial charge in [0, 0.05) is 37.7 Å². The second kappa shape index (κ2) is 6.94. The molecule has 1 saturated carbocycles. The monoisotopic (exact) mass is 379 g/mol. The Kier molecular flexibility index (Phi) is 4.61. The van der Waals surface area contributed by atoms with E-state index >= 15 is 0 Å². The van der Waals surface area contributed by atoms with Gasteiger partial charge >= 0.3 is 6.18 Å². The fraction of sp³-hybridized carbons (Fsp3) is 0.556. The van der Waals surface area contributed by atoms with E-state index in [4.69, 9.17) is 0 Å². The summed E-state index contributed by atoms with van der Waals surface area (Å²) in [5.41, 5.74) is -0.0533. The van der Waals surface area contributed by atoms with Gasteiger partial charge in [0.1, 0.15) is 17.8 Å². The van der Waals surface area contributed by atoms with Crippen LogP contribution in [0.25, 0.3) is 0 Å². The molecule has 1 aliphatic carbocycles. The molecule has 0 atom stereocenters. The molecule has 0 amide bonds. The molecule has 0 radical (unpaired) electrons.